The quantitative estimate of drug-likeness (QED) is 0.907. The Hall–Kier alpha value is -2.21. The highest BCUT2D eigenvalue weighted by molar-refractivity contribution is 7.12. The van der Waals surface area contributed by atoms with Crippen molar-refractivity contribution in [3.05, 3.63) is 46.4 Å². The van der Waals surface area contributed by atoms with Gasteiger partial charge in [-0.25, -0.2) is 4.39 Å². The van der Waals surface area contributed by atoms with Crippen molar-refractivity contribution in [3.8, 4) is 11.1 Å². The predicted octanol–water partition coefficient (Wildman–Crippen LogP) is 3.54. The van der Waals surface area contributed by atoms with Gasteiger partial charge in [0.15, 0.2) is 0 Å². The van der Waals surface area contributed by atoms with Gasteiger partial charge in [0, 0.05) is 32.1 Å². The molecule has 4 nitrogen and oxygen atoms in total. The summed E-state index contributed by atoms with van der Waals surface area (Å²) in [5.41, 5.74) is 1.71. The Bertz CT molecular complexity index is 749. The van der Waals surface area contributed by atoms with Crippen LogP contribution in [0.25, 0.3) is 11.1 Å². The van der Waals surface area contributed by atoms with Gasteiger partial charge in [-0.05, 0) is 47.9 Å². The molecule has 0 spiro atoms. The maximum Gasteiger partial charge on any atom is 0.264 e. The molecule has 1 saturated heterocycles. The van der Waals surface area contributed by atoms with Crippen LogP contribution in [0.3, 0.4) is 0 Å². The van der Waals surface area contributed by atoms with Crippen molar-refractivity contribution in [2.45, 2.75) is 19.8 Å². The molecule has 0 aliphatic carbocycles. The molecule has 2 amide bonds. The van der Waals surface area contributed by atoms with Gasteiger partial charge >= 0.3 is 0 Å². The van der Waals surface area contributed by atoms with Crippen LogP contribution < -0.4 is 5.32 Å². The Morgan fingerprint density at radius 3 is 2.52 bits per heavy atom. The van der Waals surface area contributed by atoms with E-state index >= 15 is 0 Å². The van der Waals surface area contributed by atoms with Gasteiger partial charge in [0.1, 0.15) is 5.82 Å². The molecule has 1 aliphatic rings. The van der Waals surface area contributed by atoms with Crippen LogP contribution in [0.4, 0.5) is 4.39 Å². The number of piperidine rings is 1. The van der Waals surface area contributed by atoms with E-state index in [1.54, 1.807) is 12.1 Å². The number of carbonyl (C=O) groups excluding carboxylic acids is 2. The monoisotopic (exact) mass is 360 g/mol. The van der Waals surface area contributed by atoms with Crippen molar-refractivity contribution >= 4 is 23.2 Å². The molecule has 6 heteroatoms. The summed E-state index contributed by atoms with van der Waals surface area (Å²) in [6, 6.07) is 8.14. The number of likely N-dealkylation sites (tertiary alicyclic amines) is 1. The number of hydrogen-bond donors (Lipinski definition) is 1. The van der Waals surface area contributed by atoms with Gasteiger partial charge in [0.25, 0.3) is 5.91 Å². The van der Waals surface area contributed by atoms with E-state index in [2.05, 4.69) is 5.32 Å². The standard InChI is InChI=1S/C19H21FN2O2S/c1-13(23)21-12-14-6-9-22(10-7-14)19(24)18-17(8-11-25-18)15-2-4-16(20)5-3-15/h2-5,8,11,14H,6-7,9-10,12H2,1H3,(H,21,23). The molecule has 1 aromatic carbocycles. The first-order valence-corrected chi connectivity index (χ1v) is 9.29. The van der Waals surface area contributed by atoms with E-state index in [0.29, 0.717) is 30.4 Å². The molecule has 132 valence electrons. The summed E-state index contributed by atoms with van der Waals surface area (Å²) >= 11 is 1.42. The summed E-state index contributed by atoms with van der Waals surface area (Å²) in [7, 11) is 0. The second-order valence-corrected chi connectivity index (χ2v) is 7.26. The van der Waals surface area contributed by atoms with Crippen LogP contribution in [0.5, 0.6) is 0 Å². The number of amides is 2. The number of benzene rings is 1. The molecule has 1 N–H and O–H groups in total. The lowest BCUT2D eigenvalue weighted by molar-refractivity contribution is -0.119. The molecule has 0 radical (unpaired) electrons. The van der Waals surface area contributed by atoms with Crippen LogP contribution >= 0.6 is 11.3 Å². The van der Waals surface area contributed by atoms with Gasteiger partial charge in [-0.3, -0.25) is 9.59 Å². The summed E-state index contributed by atoms with van der Waals surface area (Å²) in [5, 5.41) is 4.75. The van der Waals surface area contributed by atoms with Gasteiger partial charge < -0.3 is 10.2 Å². The van der Waals surface area contributed by atoms with Crippen LogP contribution in [-0.2, 0) is 4.79 Å². The lowest BCUT2D eigenvalue weighted by Crippen LogP contribution is -2.41. The molecular weight excluding hydrogens is 339 g/mol. The van der Waals surface area contributed by atoms with Crippen molar-refractivity contribution in [3.63, 3.8) is 0 Å². The van der Waals surface area contributed by atoms with E-state index in [0.717, 1.165) is 24.0 Å². The lowest BCUT2D eigenvalue weighted by Gasteiger charge is -2.32. The first-order chi connectivity index (χ1) is 12.0. The van der Waals surface area contributed by atoms with Gasteiger partial charge in [0.2, 0.25) is 5.91 Å². The molecule has 25 heavy (non-hydrogen) atoms. The minimum absolute atomic E-state index is 0.0129. The van der Waals surface area contributed by atoms with Crippen molar-refractivity contribution in [2.24, 2.45) is 5.92 Å². The Morgan fingerprint density at radius 2 is 1.88 bits per heavy atom. The maximum absolute atomic E-state index is 13.1. The minimum atomic E-state index is -0.284. The third-order valence-electron chi connectivity index (χ3n) is 4.56. The Kier molecular flexibility index (Phi) is 5.48. The zero-order valence-corrected chi connectivity index (χ0v) is 14.9. The molecular formula is C19H21FN2O2S. The van der Waals surface area contributed by atoms with Gasteiger partial charge in [0.05, 0.1) is 4.88 Å². The molecule has 2 heterocycles. The van der Waals surface area contributed by atoms with Crippen LogP contribution in [0, 0.1) is 11.7 Å². The molecule has 0 bridgehead atoms. The number of thiophene rings is 1. The molecule has 0 atom stereocenters. The minimum Gasteiger partial charge on any atom is -0.356 e. The fourth-order valence-corrected chi connectivity index (χ4v) is 3.99. The summed E-state index contributed by atoms with van der Waals surface area (Å²) in [5.74, 6) is 0.161. The third kappa shape index (κ3) is 4.25. The number of nitrogens with zero attached hydrogens (tertiary/aromatic N) is 1. The molecule has 3 rings (SSSR count). The van der Waals surface area contributed by atoms with Crippen LogP contribution in [0.1, 0.15) is 29.4 Å². The number of halogens is 1. The summed E-state index contributed by atoms with van der Waals surface area (Å²) in [6.07, 6.45) is 1.78. The number of rotatable bonds is 4. The Morgan fingerprint density at radius 1 is 1.20 bits per heavy atom. The van der Waals surface area contributed by atoms with Crippen molar-refractivity contribution in [1.29, 1.82) is 0 Å². The van der Waals surface area contributed by atoms with Crippen molar-refractivity contribution < 1.29 is 14.0 Å². The summed E-state index contributed by atoms with van der Waals surface area (Å²) in [4.78, 5) is 26.5. The average Bonchev–Trinajstić information content (AvgIpc) is 3.10. The van der Waals surface area contributed by atoms with Gasteiger partial charge in [-0.1, -0.05) is 12.1 Å². The second-order valence-electron chi connectivity index (χ2n) is 6.34. The van der Waals surface area contributed by atoms with E-state index in [-0.39, 0.29) is 17.6 Å². The first kappa shape index (κ1) is 17.6. The lowest BCUT2D eigenvalue weighted by atomic mass is 9.96. The third-order valence-corrected chi connectivity index (χ3v) is 5.46. The topological polar surface area (TPSA) is 49.4 Å². The normalized spacial score (nSPS) is 15.2. The maximum atomic E-state index is 13.1. The highest BCUT2D eigenvalue weighted by Crippen LogP contribution is 2.30. The van der Waals surface area contributed by atoms with E-state index in [1.807, 2.05) is 16.3 Å². The number of nitrogens with one attached hydrogen (secondary N) is 1. The Labute approximate surface area is 150 Å². The first-order valence-electron chi connectivity index (χ1n) is 8.41. The zero-order valence-electron chi connectivity index (χ0n) is 14.1. The molecule has 1 aliphatic heterocycles. The largest absolute Gasteiger partial charge is 0.356 e. The molecule has 0 saturated carbocycles. The fraction of sp³-hybridized carbons (Fsp3) is 0.368. The summed E-state index contributed by atoms with van der Waals surface area (Å²) in [6.45, 7) is 3.59. The zero-order chi connectivity index (χ0) is 17.8. The van der Waals surface area contributed by atoms with Crippen LogP contribution in [0.15, 0.2) is 35.7 Å². The fourth-order valence-electron chi connectivity index (χ4n) is 3.10. The average molecular weight is 360 g/mol. The highest BCUT2D eigenvalue weighted by atomic mass is 32.1. The van der Waals surface area contributed by atoms with E-state index in [1.165, 1.54) is 30.4 Å². The van der Waals surface area contributed by atoms with E-state index < -0.39 is 0 Å². The number of carbonyl (C=O) groups is 2. The van der Waals surface area contributed by atoms with Crippen LogP contribution in [0.2, 0.25) is 0 Å². The molecule has 1 aromatic heterocycles. The van der Waals surface area contributed by atoms with E-state index in [9.17, 15) is 14.0 Å². The van der Waals surface area contributed by atoms with Gasteiger partial charge in [-0.2, -0.15) is 0 Å². The van der Waals surface area contributed by atoms with Gasteiger partial charge in [-0.15, -0.1) is 11.3 Å². The summed E-state index contributed by atoms with van der Waals surface area (Å²) < 4.78 is 13.1. The SMILES string of the molecule is CC(=O)NCC1CCN(C(=O)c2sccc2-c2ccc(F)cc2)CC1. The smallest absolute Gasteiger partial charge is 0.264 e. The van der Waals surface area contributed by atoms with Crippen molar-refractivity contribution in [2.75, 3.05) is 19.6 Å². The molecule has 1 fully saturated rings. The second kappa shape index (κ2) is 7.78. The van der Waals surface area contributed by atoms with E-state index in [4.69, 9.17) is 0 Å². The highest BCUT2D eigenvalue weighted by Gasteiger charge is 2.26. The predicted molar refractivity (Wildman–Crippen MR) is 97.0 cm³/mol. The number of hydrogen-bond acceptors (Lipinski definition) is 3. The molecule has 0 unspecified atom stereocenters. The molecule has 2 aromatic rings. The van der Waals surface area contributed by atoms with Crippen LogP contribution in [-0.4, -0.2) is 36.3 Å². The Balaban J connectivity index is 1.66. The van der Waals surface area contributed by atoms with Crippen molar-refractivity contribution in [1.82, 2.24) is 10.2 Å².